The molecule has 10 nitrogen and oxygen atoms in total. The summed E-state index contributed by atoms with van der Waals surface area (Å²) in [4.78, 5) is 47.2. The lowest BCUT2D eigenvalue weighted by molar-refractivity contribution is -0.385. The predicted molar refractivity (Wildman–Crippen MR) is 102 cm³/mol. The molecule has 1 N–H and O–H groups in total. The Labute approximate surface area is 160 Å². The van der Waals surface area contributed by atoms with E-state index in [1.54, 1.807) is 0 Å². The topological polar surface area (TPSA) is 128 Å². The second-order valence-corrected chi connectivity index (χ2v) is 7.39. The quantitative estimate of drug-likeness (QED) is 0.344. The summed E-state index contributed by atoms with van der Waals surface area (Å²) in [6, 6.07) is 2.71. The fraction of sp³-hybridized carbons (Fsp3) is 0.200. The highest BCUT2D eigenvalue weighted by atomic mass is 32.2. The van der Waals surface area contributed by atoms with Crippen molar-refractivity contribution in [1.29, 1.82) is 0 Å². The summed E-state index contributed by atoms with van der Waals surface area (Å²) < 4.78 is 2.69. The van der Waals surface area contributed by atoms with E-state index < -0.39 is 23.3 Å². The molecule has 0 spiro atoms. The van der Waals surface area contributed by atoms with Gasteiger partial charge in [-0.05, 0) is 12.1 Å². The van der Waals surface area contributed by atoms with Crippen LogP contribution in [-0.2, 0) is 23.7 Å². The molecule has 0 aliphatic carbocycles. The van der Waals surface area contributed by atoms with Gasteiger partial charge in [0.05, 0.1) is 26.4 Å². The van der Waals surface area contributed by atoms with Crippen LogP contribution in [0.1, 0.15) is 5.56 Å². The third-order valence-corrected chi connectivity index (χ3v) is 5.45. The summed E-state index contributed by atoms with van der Waals surface area (Å²) in [5.41, 5.74) is 0.325. The highest BCUT2D eigenvalue weighted by molar-refractivity contribution is 8.26. The van der Waals surface area contributed by atoms with E-state index in [0.717, 1.165) is 16.7 Å². The first-order chi connectivity index (χ1) is 12.6. The number of aliphatic carboxylic acids is 1. The maximum Gasteiger partial charge on any atom is 0.328 e. The Morgan fingerprint density at radius 2 is 1.89 bits per heavy atom. The van der Waals surface area contributed by atoms with Crippen molar-refractivity contribution in [3.8, 4) is 0 Å². The molecular formula is C15H12N4O6S2. The molecule has 1 amide bonds. The zero-order chi connectivity index (χ0) is 20.0. The largest absolute Gasteiger partial charge is 0.480 e. The lowest BCUT2D eigenvalue weighted by atomic mass is 10.1. The van der Waals surface area contributed by atoms with E-state index in [2.05, 4.69) is 0 Å². The number of hydrogen-bond donors (Lipinski definition) is 1. The minimum Gasteiger partial charge on any atom is -0.480 e. The van der Waals surface area contributed by atoms with Crippen molar-refractivity contribution < 1.29 is 19.6 Å². The van der Waals surface area contributed by atoms with E-state index in [0.29, 0.717) is 11.0 Å². The first kappa shape index (κ1) is 18.8. The van der Waals surface area contributed by atoms with Crippen LogP contribution < -0.4 is 5.69 Å². The van der Waals surface area contributed by atoms with E-state index in [-0.39, 0.29) is 26.2 Å². The number of thioether (sulfide) groups is 1. The highest BCUT2D eigenvalue weighted by Gasteiger charge is 2.34. The number of carboxylic acid groups (broad SMARTS) is 1. The lowest BCUT2D eigenvalue weighted by Crippen LogP contribution is -2.33. The van der Waals surface area contributed by atoms with Crippen LogP contribution in [0.25, 0.3) is 17.1 Å². The van der Waals surface area contributed by atoms with Crippen LogP contribution in [0.3, 0.4) is 0 Å². The number of fused-ring (bicyclic) bond motifs is 1. The number of nitro benzene ring substituents is 1. The number of thiocarbonyl (C=S) groups is 1. The van der Waals surface area contributed by atoms with E-state index in [1.807, 2.05) is 0 Å². The minimum absolute atomic E-state index is 0.0597. The lowest BCUT2D eigenvalue weighted by Gasteiger charge is -2.10. The number of hydrogen-bond acceptors (Lipinski definition) is 7. The van der Waals surface area contributed by atoms with Gasteiger partial charge in [0, 0.05) is 20.2 Å². The average Bonchev–Trinajstić information content (AvgIpc) is 2.97. The molecule has 1 aliphatic heterocycles. The van der Waals surface area contributed by atoms with Gasteiger partial charge >= 0.3 is 11.7 Å². The third-order valence-electron chi connectivity index (χ3n) is 4.07. The SMILES string of the molecule is Cn1c(=O)n(C)c2cc([N+](=O)[O-])c(C=C3SC(=S)N(CC(=O)O)C3=O)cc21. The molecule has 2 aromatic rings. The Morgan fingerprint density at radius 3 is 2.44 bits per heavy atom. The van der Waals surface area contributed by atoms with Crippen molar-refractivity contribution >= 4 is 63.0 Å². The fourth-order valence-electron chi connectivity index (χ4n) is 2.74. The number of aromatic nitrogens is 2. The van der Waals surface area contributed by atoms with Gasteiger partial charge in [0.2, 0.25) is 0 Å². The molecule has 0 atom stereocenters. The molecule has 2 heterocycles. The normalized spacial score (nSPS) is 15.9. The number of carbonyl (C=O) groups is 2. The zero-order valence-corrected chi connectivity index (χ0v) is 15.7. The molecule has 0 radical (unpaired) electrons. The monoisotopic (exact) mass is 408 g/mol. The van der Waals surface area contributed by atoms with Crippen molar-refractivity contribution in [3.05, 3.63) is 43.2 Å². The van der Waals surface area contributed by atoms with Crippen LogP contribution in [0, 0.1) is 10.1 Å². The van der Waals surface area contributed by atoms with Gasteiger partial charge in [0.15, 0.2) is 0 Å². The van der Waals surface area contributed by atoms with Crippen LogP contribution in [0.4, 0.5) is 5.69 Å². The Kier molecular flexibility index (Phi) is 4.61. The number of aryl methyl sites for hydroxylation is 2. The van der Waals surface area contributed by atoms with Crippen LogP contribution in [0.5, 0.6) is 0 Å². The second kappa shape index (κ2) is 6.63. The molecule has 12 heteroatoms. The summed E-state index contributed by atoms with van der Waals surface area (Å²) in [5.74, 6) is -1.86. The van der Waals surface area contributed by atoms with E-state index in [1.165, 1.54) is 41.4 Å². The van der Waals surface area contributed by atoms with Crippen molar-refractivity contribution in [2.75, 3.05) is 6.54 Å². The first-order valence-corrected chi connectivity index (χ1v) is 8.65. The Morgan fingerprint density at radius 1 is 1.30 bits per heavy atom. The minimum atomic E-state index is -1.22. The first-order valence-electron chi connectivity index (χ1n) is 7.43. The van der Waals surface area contributed by atoms with Gasteiger partial charge in [-0.3, -0.25) is 33.7 Å². The smallest absolute Gasteiger partial charge is 0.328 e. The zero-order valence-electron chi connectivity index (χ0n) is 14.0. The fourth-order valence-corrected chi connectivity index (χ4v) is 3.98. The number of nitrogens with zero attached hydrogens (tertiary/aromatic N) is 4. The number of benzene rings is 1. The summed E-state index contributed by atoms with van der Waals surface area (Å²) in [6.07, 6.45) is 1.29. The average molecular weight is 408 g/mol. The van der Waals surface area contributed by atoms with E-state index in [9.17, 15) is 24.5 Å². The van der Waals surface area contributed by atoms with Crippen LogP contribution in [0.2, 0.25) is 0 Å². The van der Waals surface area contributed by atoms with Gasteiger partial charge in [-0.1, -0.05) is 24.0 Å². The number of imidazole rings is 1. The van der Waals surface area contributed by atoms with Crippen molar-refractivity contribution in [2.45, 2.75) is 0 Å². The molecule has 1 aliphatic rings. The summed E-state index contributed by atoms with van der Waals surface area (Å²) in [7, 11) is 3.04. The Hall–Kier alpha value is -2.99. The molecule has 1 fully saturated rings. The number of amides is 1. The molecule has 140 valence electrons. The van der Waals surface area contributed by atoms with Gasteiger partial charge in [-0.25, -0.2) is 4.79 Å². The Bertz CT molecular complexity index is 1130. The molecule has 1 aromatic carbocycles. The second-order valence-electron chi connectivity index (χ2n) is 5.72. The number of carbonyl (C=O) groups excluding carboxylic acids is 1. The number of carboxylic acids is 1. The molecule has 0 bridgehead atoms. The maximum absolute atomic E-state index is 12.4. The van der Waals surface area contributed by atoms with E-state index in [4.69, 9.17) is 17.3 Å². The number of nitro groups is 1. The van der Waals surface area contributed by atoms with Gasteiger partial charge in [-0.2, -0.15) is 0 Å². The molecular weight excluding hydrogens is 396 g/mol. The van der Waals surface area contributed by atoms with Gasteiger partial charge in [0.25, 0.3) is 11.6 Å². The summed E-state index contributed by atoms with van der Waals surface area (Å²) >= 11 is 5.88. The standard InChI is InChI=1S/C15H12N4O6S2/c1-16-9-3-7(8(19(24)25)5-10(9)17(2)14(16)23)4-11-13(22)18(6-12(20)21)15(26)27-11/h3-5H,6H2,1-2H3,(H,20,21). The summed E-state index contributed by atoms with van der Waals surface area (Å²) in [6.45, 7) is -0.587. The number of rotatable bonds is 4. The van der Waals surface area contributed by atoms with Gasteiger partial charge in [-0.15, -0.1) is 0 Å². The van der Waals surface area contributed by atoms with Crippen molar-refractivity contribution in [1.82, 2.24) is 14.0 Å². The molecule has 3 rings (SSSR count). The van der Waals surface area contributed by atoms with Crippen molar-refractivity contribution in [2.24, 2.45) is 14.1 Å². The van der Waals surface area contributed by atoms with Crippen LogP contribution in [0.15, 0.2) is 21.8 Å². The van der Waals surface area contributed by atoms with Gasteiger partial charge in [0.1, 0.15) is 10.9 Å². The molecule has 1 aromatic heterocycles. The third kappa shape index (κ3) is 3.13. The van der Waals surface area contributed by atoms with E-state index >= 15 is 0 Å². The van der Waals surface area contributed by atoms with Gasteiger partial charge < -0.3 is 5.11 Å². The van der Waals surface area contributed by atoms with Crippen LogP contribution in [-0.4, -0.2) is 46.8 Å². The highest BCUT2D eigenvalue weighted by Crippen LogP contribution is 2.35. The molecule has 0 unspecified atom stereocenters. The summed E-state index contributed by atoms with van der Waals surface area (Å²) in [5, 5.41) is 20.3. The maximum atomic E-state index is 12.4. The molecule has 1 saturated heterocycles. The van der Waals surface area contributed by atoms with Crippen molar-refractivity contribution in [3.63, 3.8) is 0 Å². The van der Waals surface area contributed by atoms with Crippen LogP contribution >= 0.6 is 24.0 Å². The Balaban J connectivity index is 2.16. The molecule has 27 heavy (non-hydrogen) atoms. The molecule has 0 saturated carbocycles. The predicted octanol–water partition coefficient (Wildman–Crippen LogP) is 1.07.